The molecule has 0 radical (unpaired) electrons. The van der Waals surface area contributed by atoms with Crippen LogP contribution in [0.2, 0.25) is 0 Å². The van der Waals surface area contributed by atoms with E-state index in [1.165, 1.54) is 279 Å². The number of fused-ring (bicyclic) bond motifs is 6. The van der Waals surface area contributed by atoms with Crippen molar-refractivity contribution in [2.75, 3.05) is 39.6 Å². The topological polar surface area (TPSA) is 134 Å². The third-order valence-corrected chi connectivity index (χ3v) is 27.2. The zero-order chi connectivity index (χ0) is 86.7. The standard InChI is InChI=1S/C112H162N2O10/c1-7-13-19-25-31-37-43-49-55-61-75-119-93-81-87(82-94(120-76-62-56-50-44-38-32-26-20-14-8-2)107(93)123-79-65-59-53-47-41-35-29-23-17-11-5)113-109(115)103-89-71-67-85-69-73-91-101-97(85)99(89)100-90(104(103)110(113)116)72-68-86-70-74-92(102(101)98(86)100)106-105(91)111(117)114(112(106)118)88-83-95(121-77-63-57-51-45-39-33-27-21-15-9-3)108(124-80-66-60-54-48-42-36-30-24-18-12-6)96(84-88)122-78-64-58-52-46-40-34-28-22-16-10-4/h67-74,81-84H,7-66,75-80H2,1-6H3. The summed E-state index contributed by atoms with van der Waals surface area (Å²) in [4.78, 5) is 64.9. The van der Waals surface area contributed by atoms with Crippen molar-refractivity contribution >= 4 is 86.2 Å². The summed E-state index contributed by atoms with van der Waals surface area (Å²) in [7, 11) is 0. The van der Waals surface area contributed by atoms with Crippen LogP contribution in [0.5, 0.6) is 34.5 Å². The quantitative estimate of drug-likeness (QED) is 0.0206. The van der Waals surface area contributed by atoms with Crippen LogP contribution in [0.25, 0.3) is 97.6 Å². The maximum Gasteiger partial charge on any atom is 0.266 e. The molecule has 0 aliphatic rings. The van der Waals surface area contributed by atoms with Crippen LogP contribution >= 0.6 is 0 Å². The van der Waals surface area contributed by atoms with E-state index in [9.17, 15) is 0 Å². The van der Waals surface area contributed by atoms with Crippen molar-refractivity contribution < 1.29 is 28.4 Å². The molecule has 0 saturated carbocycles. The van der Waals surface area contributed by atoms with Gasteiger partial charge in [0.15, 0.2) is 23.0 Å². The smallest absolute Gasteiger partial charge is 0.266 e. The first-order valence-electron chi connectivity index (χ1n) is 51.8. The highest BCUT2D eigenvalue weighted by Gasteiger charge is 2.32. The van der Waals surface area contributed by atoms with Crippen LogP contribution in [0, 0.1) is 0 Å². The molecule has 9 aromatic carbocycles. The van der Waals surface area contributed by atoms with E-state index in [1.807, 2.05) is 48.5 Å². The van der Waals surface area contributed by atoms with Gasteiger partial charge in [0.2, 0.25) is 11.5 Å². The molecule has 0 atom stereocenters. The van der Waals surface area contributed by atoms with E-state index >= 15 is 19.2 Å². The van der Waals surface area contributed by atoms with E-state index < -0.39 is 22.2 Å². The number of ether oxygens (including phenoxy) is 6. The van der Waals surface area contributed by atoms with Gasteiger partial charge < -0.3 is 28.4 Å². The summed E-state index contributed by atoms with van der Waals surface area (Å²) in [6.07, 6.45) is 72.3. The van der Waals surface area contributed by atoms with Gasteiger partial charge >= 0.3 is 0 Å². The monoisotopic (exact) mass is 1700 g/mol. The van der Waals surface area contributed by atoms with Crippen molar-refractivity contribution in [3.63, 3.8) is 0 Å². The Labute approximate surface area is 745 Å². The lowest BCUT2D eigenvalue weighted by Gasteiger charge is -2.21. The van der Waals surface area contributed by atoms with Crippen LogP contribution in [0.4, 0.5) is 0 Å². The average molecular weight is 1700 g/mol. The van der Waals surface area contributed by atoms with Crippen molar-refractivity contribution in [2.24, 2.45) is 0 Å². The predicted molar refractivity (Wildman–Crippen MR) is 530 cm³/mol. The van der Waals surface area contributed by atoms with Crippen LogP contribution in [0.1, 0.15) is 427 Å². The molecule has 0 N–H and O–H groups in total. The third kappa shape index (κ3) is 26.8. The van der Waals surface area contributed by atoms with Gasteiger partial charge in [-0.15, -0.1) is 0 Å². The van der Waals surface area contributed by atoms with Gasteiger partial charge in [0.1, 0.15) is 0 Å². The Morgan fingerprint density at radius 1 is 0.185 bits per heavy atom. The van der Waals surface area contributed by atoms with E-state index in [2.05, 4.69) is 65.8 Å². The number of benzene rings is 9. The van der Waals surface area contributed by atoms with Gasteiger partial charge in [-0.3, -0.25) is 19.2 Å². The third-order valence-electron chi connectivity index (χ3n) is 27.2. The first kappa shape index (κ1) is 97.0. The molecule has 680 valence electrons. The summed E-state index contributed by atoms with van der Waals surface area (Å²) >= 11 is 0. The lowest BCUT2D eigenvalue weighted by molar-refractivity contribution is 0.234. The van der Waals surface area contributed by atoms with Crippen molar-refractivity contribution in [3.8, 4) is 45.9 Å². The molecule has 11 aromatic rings. The lowest BCUT2D eigenvalue weighted by Crippen LogP contribution is -2.23. The molecular weight excluding hydrogens is 1530 g/mol. The average Bonchev–Trinajstić information content (AvgIpc) is 1.33. The molecule has 0 aliphatic carbocycles. The minimum atomic E-state index is -0.419. The van der Waals surface area contributed by atoms with Gasteiger partial charge in [-0.05, 0) is 103 Å². The summed E-state index contributed by atoms with van der Waals surface area (Å²) in [5, 5.41) is 11.1. The van der Waals surface area contributed by atoms with Gasteiger partial charge in [0.25, 0.3) is 22.2 Å². The van der Waals surface area contributed by atoms with E-state index in [-0.39, 0.29) is 0 Å². The van der Waals surface area contributed by atoms with E-state index in [0.29, 0.717) is 129 Å². The molecule has 0 amide bonds. The molecule has 0 spiro atoms. The van der Waals surface area contributed by atoms with Gasteiger partial charge in [-0.1, -0.05) is 437 Å². The molecule has 124 heavy (non-hydrogen) atoms. The van der Waals surface area contributed by atoms with E-state index in [1.54, 1.807) is 0 Å². The predicted octanol–water partition coefficient (Wildman–Crippen LogP) is 32.9. The Morgan fingerprint density at radius 2 is 0.347 bits per heavy atom. The molecule has 0 aliphatic heterocycles. The van der Waals surface area contributed by atoms with Crippen molar-refractivity contribution in [3.05, 3.63) is 114 Å². The van der Waals surface area contributed by atoms with Gasteiger partial charge in [0, 0.05) is 24.3 Å². The molecule has 0 bridgehead atoms. The zero-order valence-electron chi connectivity index (χ0n) is 78.6. The Balaban J connectivity index is 0.976. The van der Waals surface area contributed by atoms with Gasteiger partial charge in [-0.2, -0.15) is 0 Å². The number of hydrogen-bond acceptors (Lipinski definition) is 10. The molecule has 11 rings (SSSR count). The SMILES string of the molecule is CCCCCCCCCCCCOc1cc(-n2c(=O)c3c4ccc5ccc6c7c(=O)n(-c8cc(OCCCCCCCCCCCC)c(OCCCCCCCCCCCC)c(OCCCCCCCCCCCC)c8)c(=O)c7c7ccc8ccc(c3c2=O)c2c8c7c6c5c42)cc(OCCCCCCCCCCCC)c1OCCCCCCCCCCCC. The number of aromatic nitrogens is 2. The van der Waals surface area contributed by atoms with Crippen molar-refractivity contribution in [1.82, 2.24) is 9.13 Å². The molecule has 12 heteroatoms. The fourth-order valence-electron chi connectivity index (χ4n) is 19.9. The molecular formula is C112H162N2O10. The molecule has 2 aromatic heterocycles. The van der Waals surface area contributed by atoms with Gasteiger partial charge in [0.05, 0.1) is 72.6 Å². The number of nitrogens with zero attached hydrogens (tertiary/aromatic N) is 2. The number of rotatable bonds is 74. The summed E-state index contributed by atoms with van der Waals surface area (Å²) in [6, 6.07) is 23.8. The highest BCUT2D eigenvalue weighted by Crippen LogP contribution is 2.52. The van der Waals surface area contributed by atoms with Crippen molar-refractivity contribution in [1.29, 1.82) is 0 Å². The minimum absolute atomic E-state index is 0.343. The van der Waals surface area contributed by atoms with Crippen molar-refractivity contribution in [2.45, 2.75) is 427 Å². The Morgan fingerprint density at radius 3 is 0.524 bits per heavy atom. The maximum absolute atomic E-state index is 16.2. The minimum Gasteiger partial charge on any atom is -0.489 e. The summed E-state index contributed by atoms with van der Waals surface area (Å²) in [6.45, 7) is 16.5. The first-order chi connectivity index (χ1) is 61.2. The summed E-state index contributed by atoms with van der Waals surface area (Å²) in [5.41, 5.74) is -0.919. The summed E-state index contributed by atoms with van der Waals surface area (Å²) in [5.74, 6) is 3.01. The molecule has 2 heterocycles. The normalized spacial score (nSPS) is 12.1. The Kier molecular flexibility index (Phi) is 42.7. The second-order valence-electron chi connectivity index (χ2n) is 37.3. The fourth-order valence-corrected chi connectivity index (χ4v) is 19.9. The highest BCUT2D eigenvalue weighted by molar-refractivity contribution is 6.50. The largest absolute Gasteiger partial charge is 0.489 e. The van der Waals surface area contributed by atoms with Crippen LogP contribution in [0.15, 0.2) is 92.0 Å². The second-order valence-corrected chi connectivity index (χ2v) is 37.3. The van der Waals surface area contributed by atoms with Crippen LogP contribution in [-0.4, -0.2) is 48.8 Å². The van der Waals surface area contributed by atoms with Gasteiger partial charge in [-0.25, -0.2) is 9.13 Å². The number of unbranched alkanes of at least 4 members (excludes halogenated alkanes) is 54. The van der Waals surface area contributed by atoms with E-state index in [0.717, 1.165) is 159 Å². The van der Waals surface area contributed by atoms with Crippen LogP contribution < -0.4 is 50.7 Å². The highest BCUT2D eigenvalue weighted by atomic mass is 16.5. The lowest BCUT2D eigenvalue weighted by atomic mass is 9.80. The Bertz CT molecular complexity index is 4490. The Hall–Kier alpha value is -7.60. The molecule has 12 nitrogen and oxygen atoms in total. The first-order valence-corrected chi connectivity index (χ1v) is 51.8. The zero-order valence-corrected chi connectivity index (χ0v) is 78.6. The summed E-state index contributed by atoms with van der Waals surface area (Å²) < 4.78 is 44.1. The van der Waals surface area contributed by atoms with Crippen LogP contribution in [-0.2, 0) is 0 Å². The maximum atomic E-state index is 16.2. The fraction of sp³-hybridized carbons (Fsp3) is 0.643. The molecule has 0 saturated heterocycles. The van der Waals surface area contributed by atoms with Crippen LogP contribution in [0.3, 0.4) is 0 Å². The molecule has 0 unspecified atom stereocenters. The van der Waals surface area contributed by atoms with E-state index in [4.69, 9.17) is 28.4 Å². The number of hydrogen-bond donors (Lipinski definition) is 0. The second kappa shape index (κ2) is 54.5. The molecule has 0 fully saturated rings.